The van der Waals surface area contributed by atoms with E-state index in [9.17, 15) is 4.79 Å². The zero-order valence-corrected chi connectivity index (χ0v) is 15.8. The van der Waals surface area contributed by atoms with Crippen LogP contribution in [0.5, 0.6) is 0 Å². The van der Waals surface area contributed by atoms with Gasteiger partial charge in [-0.05, 0) is 42.0 Å². The van der Waals surface area contributed by atoms with Crippen molar-refractivity contribution in [1.29, 1.82) is 0 Å². The van der Waals surface area contributed by atoms with Crippen LogP contribution in [0.25, 0.3) is 11.6 Å². The molecule has 1 atom stereocenters. The van der Waals surface area contributed by atoms with Crippen molar-refractivity contribution in [3.8, 4) is 11.6 Å². The van der Waals surface area contributed by atoms with Gasteiger partial charge in [0.1, 0.15) is 12.4 Å². The molecular weight excluding hydrogens is 360 g/mol. The van der Waals surface area contributed by atoms with Gasteiger partial charge >= 0.3 is 0 Å². The van der Waals surface area contributed by atoms with Crippen molar-refractivity contribution in [2.45, 2.75) is 39.3 Å². The predicted molar refractivity (Wildman–Crippen MR) is 99.1 cm³/mol. The van der Waals surface area contributed by atoms with Gasteiger partial charge in [0.05, 0.1) is 13.2 Å². The fourth-order valence-electron chi connectivity index (χ4n) is 3.23. The molecule has 1 aliphatic rings. The van der Waals surface area contributed by atoms with Crippen molar-refractivity contribution in [3.63, 3.8) is 0 Å². The number of nitrogens with zero attached hydrogens (tertiary/aromatic N) is 4. The number of fused-ring (bicyclic) bond motifs is 1. The maximum absolute atomic E-state index is 12.9. The van der Waals surface area contributed by atoms with Gasteiger partial charge in [0.2, 0.25) is 11.7 Å². The lowest BCUT2D eigenvalue weighted by Gasteiger charge is -2.19. The SMILES string of the molecule is CC(C)CC(NC(=O)c1ccc2c(c1)CCOC2)c1nc(-c2ncn[nH]2)no1. The number of ether oxygens (including phenoxy) is 1. The summed E-state index contributed by atoms with van der Waals surface area (Å²) < 4.78 is 10.9. The lowest BCUT2D eigenvalue weighted by atomic mass is 9.99. The minimum absolute atomic E-state index is 0.167. The van der Waals surface area contributed by atoms with Gasteiger partial charge in [-0.3, -0.25) is 9.89 Å². The maximum atomic E-state index is 12.9. The molecule has 146 valence electrons. The van der Waals surface area contributed by atoms with E-state index in [1.165, 1.54) is 6.33 Å². The average molecular weight is 382 g/mol. The number of amides is 1. The van der Waals surface area contributed by atoms with Crippen LogP contribution < -0.4 is 5.32 Å². The molecule has 0 aliphatic carbocycles. The first kappa shape index (κ1) is 18.3. The Balaban J connectivity index is 1.54. The number of hydrogen-bond donors (Lipinski definition) is 2. The van der Waals surface area contributed by atoms with E-state index in [0.29, 0.717) is 48.7 Å². The molecule has 1 aromatic carbocycles. The van der Waals surface area contributed by atoms with Crippen LogP contribution in [0.2, 0.25) is 0 Å². The second kappa shape index (κ2) is 7.89. The molecule has 0 saturated carbocycles. The number of benzene rings is 1. The smallest absolute Gasteiger partial charge is 0.251 e. The second-order valence-corrected chi connectivity index (χ2v) is 7.23. The van der Waals surface area contributed by atoms with Gasteiger partial charge in [-0.15, -0.1) is 0 Å². The molecule has 0 bridgehead atoms. The summed E-state index contributed by atoms with van der Waals surface area (Å²) in [6, 6.07) is 5.32. The highest BCUT2D eigenvalue weighted by Crippen LogP contribution is 2.23. The van der Waals surface area contributed by atoms with Gasteiger partial charge in [-0.2, -0.15) is 10.1 Å². The molecular formula is C19H22N6O3. The summed E-state index contributed by atoms with van der Waals surface area (Å²) in [5.41, 5.74) is 2.91. The number of nitrogens with one attached hydrogen (secondary N) is 2. The van der Waals surface area contributed by atoms with E-state index in [-0.39, 0.29) is 5.91 Å². The van der Waals surface area contributed by atoms with Crippen molar-refractivity contribution in [2.75, 3.05) is 6.61 Å². The Hall–Kier alpha value is -3.07. The van der Waals surface area contributed by atoms with E-state index in [1.54, 1.807) is 0 Å². The van der Waals surface area contributed by atoms with E-state index < -0.39 is 6.04 Å². The molecule has 9 nitrogen and oxygen atoms in total. The summed E-state index contributed by atoms with van der Waals surface area (Å²) in [6.45, 7) is 5.43. The monoisotopic (exact) mass is 382 g/mol. The Morgan fingerprint density at radius 2 is 2.21 bits per heavy atom. The Morgan fingerprint density at radius 3 is 3.00 bits per heavy atom. The molecule has 0 saturated heterocycles. The minimum atomic E-state index is -0.393. The van der Waals surface area contributed by atoms with Crippen LogP contribution in [0.3, 0.4) is 0 Å². The highest BCUT2D eigenvalue weighted by molar-refractivity contribution is 5.94. The van der Waals surface area contributed by atoms with Gasteiger partial charge in [0.15, 0.2) is 5.82 Å². The Labute approximate surface area is 161 Å². The summed E-state index contributed by atoms with van der Waals surface area (Å²) >= 11 is 0. The van der Waals surface area contributed by atoms with Crippen LogP contribution in [0, 0.1) is 5.92 Å². The number of aromatic nitrogens is 5. The predicted octanol–water partition coefficient (Wildman–Crippen LogP) is 2.44. The highest BCUT2D eigenvalue weighted by atomic mass is 16.5. The van der Waals surface area contributed by atoms with Gasteiger partial charge in [-0.1, -0.05) is 25.1 Å². The standard InChI is InChI=1S/C19H22N6O3/c1-11(2)7-15(19-23-17(25-28-19)16-20-10-21-24-16)22-18(26)13-3-4-14-9-27-6-5-12(14)8-13/h3-4,8,10-11,15H,5-7,9H2,1-2H3,(H,22,26)(H,20,21,24). The first-order chi connectivity index (χ1) is 13.6. The summed E-state index contributed by atoms with van der Waals surface area (Å²) in [5, 5.41) is 13.5. The minimum Gasteiger partial charge on any atom is -0.376 e. The Morgan fingerprint density at radius 1 is 1.32 bits per heavy atom. The van der Waals surface area contributed by atoms with E-state index in [0.717, 1.165) is 17.5 Å². The first-order valence-corrected chi connectivity index (χ1v) is 9.30. The molecule has 28 heavy (non-hydrogen) atoms. The summed E-state index contributed by atoms with van der Waals surface area (Å²) in [7, 11) is 0. The molecule has 9 heteroatoms. The lowest BCUT2D eigenvalue weighted by Crippen LogP contribution is -2.30. The Kier molecular flexibility index (Phi) is 5.16. The van der Waals surface area contributed by atoms with Crippen molar-refractivity contribution >= 4 is 5.91 Å². The highest BCUT2D eigenvalue weighted by Gasteiger charge is 2.24. The van der Waals surface area contributed by atoms with Crippen LogP contribution in [-0.2, 0) is 17.8 Å². The fourth-order valence-corrected chi connectivity index (χ4v) is 3.23. The van der Waals surface area contributed by atoms with Crippen molar-refractivity contribution in [3.05, 3.63) is 47.1 Å². The van der Waals surface area contributed by atoms with Crippen molar-refractivity contribution in [1.82, 2.24) is 30.6 Å². The van der Waals surface area contributed by atoms with Crippen molar-refractivity contribution in [2.24, 2.45) is 5.92 Å². The third-order valence-corrected chi connectivity index (χ3v) is 4.62. The van der Waals surface area contributed by atoms with E-state index in [2.05, 4.69) is 44.5 Å². The molecule has 2 aromatic heterocycles. The van der Waals surface area contributed by atoms with Gasteiger partial charge < -0.3 is 14.6 Å². The number of aromatic amines is 1. The number of hydrogen-bond acceptors (Lipinski definition) is 7. The lowest BCUT2D eigenvalue weighted by molar-refractivity contribution is 0.0920. The van der Waals surface area contributed by atoms with Crippen LogP contribution in [0.1, 0.15) is 53.7 Å². The summed E-state index contributed by atoms with van der Waals surface area (Å²) in [6.07, 6.45) is 2.86. The largest absolute Gasteiger partial charge is 0.376 e. The molecule has 0 fully saturated rings. The third-order valence-electron chi connectivity index (χ3n) is 4.62. The quantitative estimate of drug-likeness (QED) is 0.672. The number of carbonyl (C=O) groups is 1. The first-order valence-electron chi connectivity index (χ1n) is 9.30. The van der Waals surface area contributed by atoms with E-state index >= 15 is 0 Å². The molecule has 1 amide bonds. The molecule has 1 aliphatic heterocycles. The van der Waals surface area contributed by atoms with Crippen LogP contribution in [-0.4, -0.2) is 37.8 Å². The van der Waals surface area contributed by atoms with E-state index in [4.69, 9.17) is 9.26 Å². The number of H-pyrrole nitrogens is 1. The van der Waals surface area contributed by atoms with Gasteiger partial charge in [0.25, 0.3) is 5.91 Å². The molecule has 1 unspecified atom stereocenters. The van der Waals surface area contributed by atoms with Crippen LogP contribution in [0.4, 0.5) is 0 Å². The molecule has 3 aromatic rings. The van der Waals surface area contributed by atoms with Crippen LogP contribution in [0.15, 0.2) is 29.0 Å². The summed E-state index contributed by atoms with van der Waals surface area (Å²) in [4.78, 5) is 21.3. The Bertz CT molecular complexity index is 950. The van der Waals surface area contributed by atoms with Gasteiger partial charge in [-0.25, -0.2) is 4.98 Å². The zero-order chi connectivity index (χ0) is 19.5. The second-order valence-electron chi connectivity index (χ2n) is 7.23. The fraction of sp³-hybridized carbons (Fsp3) is 0.421. The van der Waals surface area contributed by atoms with Gasteiger partial charge in [0, 0.05) is 5.56 Å². The number of rotatable bonds is 6. The molecule has 4 rings (SSSR count). The molecule has 3 heterocycles. The zero-order valence-electron chi connectivity index (χ0n) is 15.8. The molecule has 0 spiro atoms. The average Bonchev–Trinajstić information content (AvgIpc) is 3.38. The number of carbonyl (C=O) groups excluding carboxylic acids is 1. The molecule has 0 radical (unpaired) electrons. The normalized spacial score (nSPS) is 14.7. The van der Waals surface area contributed by atoms with Crippen LogP contribution >= 0.6 is 0 Å². The molecule has 2 N–H and O–H groups in total. The summed E-state index contributed by atoms with van der Waals surface area (Å²) in [5.74, 6) is 1.23. The van der Waals surface area contributed by atoms with E-state index in [1.807, 2.05) is 18.2 Å². The topological polar surface area (TPSA) is 119 Å². The van der Waals surface area contributed by atoms with Crippen molar-refractivity contribution < 1.29 is 14.1 Å². The maximum Gasteiger partial charge on any atom is 0.251 e. The third kappa shape index (κ3) is 3.94.